The van der Waals surface area contributed by atoms with E-state index in [9.17, 15) is 0 Å². The standard InChI is InChI=1S/C12H14BrN3/c1-9-10(5-6-14)8-16(15-9)12-4-2-3-11(13)7-12/h2-4,7-8H,5-6,14H2,1H3. The topological polar surface area (TPSA) is 43.8 Å². The van der Waals surface area contributed by atoms with Crippen molar-refractivity contribution in [2.75, 3.05) is 6.54 Å². The van der Waals surface area contributed by atoms with Gasteiger partial charge in [0, 0.05) is 10.7 Å². The molecule has 1 aromatic carbocycles. The Morgan fingerprint density at radius 1 is 1.44 bits per heavy atom. The van der Waals surface area contributed by atoms with Crippen LogP contribution in [0.25, 0.3) is 5.69 Å². The van der Waals surface area contributed by atoms with Gasteiger partial charge in [0.25, 0.3) is 0 Å². The zero-order valence-corrected chi connectivity index (χ0v) is 10.7. The lowest BCUT2D eigenvalue weighted by molar-refractivity contribution is 0.862. The first-order valence-corrected chi connectivity index (χ1v) is 6.01. The number of aryl methyl sites for hydroxylation is 1. The number of benzene rings is 1. The summed E-state index contributed by atoms with van der Waals surface area (Å²) in [4.78, 5) is 0. The van der Waals surface area contributed by atoms with E-state index in [1.54, 1.807) is 0 Å². The van der Waals surface area contributed by atoms with Gasteiger partial charge in [-0.3, -0.25) is 0 Å². The number of nitrogens with two attached hydrogens (primary N) is 1. The van der Waals surface area contributed by atoms with Gasteiger partial charge >= 0.3 is 0 Å². The van der Waals surface area contributed by atoms with Crippen molar-refractivity contribution in [3.63, 3.8) is 0 Å². The quantitative estimate of drug-likeness (QED) is 0.938. The Morgan fingerprint density at radius 3 is 2.94 bits per heavy atom. The van der Waals surface area contributed by atoms with Crippen molar-refractivity contribution in [1.82, 2.24) is 9.78 Å². The molecule has 0 spiro atoms. The third-order valence-corrected chi connectivity index (χ3v) is 2.98. The summed E-state index contributed by atoms with van der Waals surface area (Å²) in [6.07, 6.45) is 2.92. The van der Waals surface area contributed by atoms with Gasteiger partial charge in [-0.1, -0.05) is 22.0 Å². The second-order valence-electron chi connectivity index (χ2n) is 3.70. The van der Waals surface area contributed by atoms with Crippen molar-refractivity contribution in [1.29, 1.82) is 0 Å². The minimum Gasteiger partial charge on any atom is -0.330 e. The minimum atomic E-state index is 0.658. The van der Waals surface area contributed by atoms with Gasteiger partial charge in [-0.15, -0.1) is 0 Å². The van der Waals surface area contributed by atoms with Crippen molar-refractivity contribution in [2.45, 2.75) is 13.3 Å². The van der Waals surface area contributed by atoms with Gasteiger partial charge in [0.1, 0.15) is 0 Å². The largest absolute Gasteiger partial charge is 0.330 e. The molecule has 0 amide bonds. The Bertz CT molecular complexity index is 491. The van der Waals surface area contributed by atoms with Crippen molar-refractivity contribution >= 4 is 15.9 Å². The molecule has 0 aliphatic rings. The summed E-state index contributed by atoms with van der Waals surface area (Å²) in [5.41, 5.74) is 8.87. The highest BCUT2D eigenvalue weighted by atomic mass is 79.9. The van der Waals surface area contributed by atoms with E-state index >= 15 is 0 Å². The molecule has 84 valence electrons. The van der Waals surface area contributed by atoms with Crippen LogP contribution in [0.5, 0.6) is 0 Å². The molecule has 0 saturated heterocycles. The number of rotatable bonds is 3. The van der Waals surface area contributed by atoms with Gasteiger partial charge in [-0.2, -0.15) is 5.10 Å². The fourth-order valence-corrected chi connectivity index (χ4v) is 2.03. The molecule has 3 nitrogen and oxygen atoms in total. The Hall–Kier alpha value is -1.13. The summed E-state index contributed by atoms with van der Waals surface area (Å²) in [6.45, 7) is 2.67. The molecule has 0 aliphatic carbocycles. The summed E-state index contributed by atoms with van der Waals surface area (Å²) < 4.78 is 2.95. The second kappa shape index (κ2) is 4.80. The Labute approximate surface area is 103 Å². The van der Waals surface area contributed by atoms with Gasteiger partial charge in [-0.25, -0.2) is 4.68 Å². The Morgan fingerprint density at radius 2 is 2.25 bits per heavy atom. The summed E-state index contributed by atoms with van der Waals surface area (Å²) >= 11 is 3.45. The zero-order valence-electron chi connectivity index (χ0n) is 9.15. The van der Waals surface area contributed by atoms with Crippen LogP contribution in [0.3, 0.4) is 0 Å². The zero-order chi connectivity index (χ0) is 11.5. The monoisotopic (exact) mass is 279 g/mol. The van der Waals surface area contributed by atoms with Crippen molar-refractivity contribution < 1.29 is 0 Å². The van der Waals surface area contributed by atoms with E-state index in [0.717, 1.165) is 22.3 Å². The molecule has 0 radical (unpaired) electrons. The van der Waals surface area contributed by atoms with Crippen LogP contribution in [0, 0.1) is 6.92 Å². The summed E-state index contributed by atoms with van der Waals surface area (Å²) in [5.74, 6) is 0. The van der Waals surface area contributed by atoms with E-state index in [2.05, 4.69) is 21.0 Å². The fourth-order valence-electron chi connectivity index (χ4n) is 1.65. The fraction of sp³-hybridized carbons (Fsp3) is 0.250. The maximum atomic E-state index is 5.56. The Balaban J connectivity index is 2.37. The molecule has 16 heavy (non-hydrogen) atoms. The predicted octanol–water partition coefficient (Wildman–Crippen LogP) is 2.44. The van der Waals surface area contributed by atoms with Crippen LogP contribution >= 0.6 is 15.9 Å². The highest BCUT2D eigenvalue weighted by Crippen LogP contribution is 2.16. The van der Waals surface area contributed by atoms with Gasteiger partial charge < -0.3 is 5.73 Å². The predicted molar refractivity (Wildman–Crippen MR) is 68.8 cm³/mol. The molecule has 0 unspecified atom stereocenters. The van der Waals surface area contributed by atoms with Crippen LogP contribution in [-0.2, 0) is 6.42 Å². The maximum Gasteiger partial charge on any atom is 0.0657 e. The minimum absolute atomic E-state index is 0.658. The normalized spacial score (nSPS) is 10.7. The first-order valence-electron chi connectivity index (χ1n) is 5.22. The number of halogens is 1. The van der Waals surface area contributed by atoms with Crippen LogP contribution < -0.4 is 5.73 Å². The molecule has 2 N–H and O–H groups in total. The van der Waals surface area contributed by atoms with E-state index in [1.165, 1.54) is 5.56 Å². The molecular weight excluding hydrogens is 266 g/mol. The second-order valence-corrected chi connectivity index (χ2v) is 4.62. The number of aromatic nitrogens is 2. The average molecular weight is 280 g/mol. The third-order valence-electron chi connectivity index (χ3n) is 2.49. The highest BCUT2D eigenvalue weighted by Gasteiger charge is 2.05. The van der Waals surface area contributed by atoms with E-state index in [4.69, 9.17) is 5.73 Å². The van der Waals surface area contributed by atoms with E-state index in [0.29, 0.717) is 6.54 Å². The molecule has 1 aromatic heterocycles. The molecular formula is C12H14BrN3. The molecule has 0 fully saturated rings. The molecule has 4 heteroatoms. The lowest BCUT2D eigenvalue weighted by Gasteiger charge is -2.00. The molecule has 2 aromatic rings. The maximum absolute atomic E-state index is 5.56. The number of hydrogen-bond acceptors (Lipinski definition) is 2. The first-order chi connectivity index (χ1) is 7.70. The number of hydrogen-bond donors (Lipinski definition) is 1. The lowest BCUT2D eigenvalue weighted by atomic mass is 10.2. The van der Waals surface area contributed by atoms with Crippen molar-refractivity contribution in [3.05, 3.63) is 46.2 Å². The Kier molecular flexibility index (Phi) is 3.41. The van der Waals surface area contributed by atoms with E-state index in [1.807, 2.05) is 42.1 Å². The van der Waals surface area contributed by atoms with Crippen molar-refractivity contribution in [3.8, 4) is 5.69 Å². The van der Waals surface area contributed by atoms with Crippen LogP contribution in [0.1, 0.15) is 11.3 Å². The van der Waals surface area contributed by atoms with Crippen LogP contribution in [0.2, 0.25) is 0 Å². The van der Waals surface area contributed by atoms with Crippen molar-refractivity contribution in [2.24, 2.45) is 5.73 Å². The summed E-state index contributed by atoms with van der Waals surface area (Å²) in [6, 6.07) is 8.07. The molecule has 0 bridgehead atoms. The van der Waals surface area contributed by atoms with E-state index in [-0.39, 0.29) is 0 Å². The van der Waals surface area contributed by atoms with Gasteiger partial charge in [0.15, 0.2) is 0 Å². The lowest BCUT2D eigenvalue weighted by Crippen LogP contribution is -2.02. The van der Waals surface area contributed by atoms with Crippen LogP contribution in [0.15, 0.2) is 34.9 Å². The van der Waals surface area contributed by atoms with Gasteiger partial charge in [0.05, 0.1) is 11.4 Å². The molecule has 0 saturated carbocycles. The SMILES string of the molecule is Cc1nn(-c2cccc(Br)c2)cc1CCN. The van der Waals surface area contributed by atoms with Gasteiger partial charge in [-0.05, 0) is 43.7 Å². The molecule has 0 aliphatic heterocycles. The van der Waals surface area contributed by atoms with E-state index < -0.39 is 0 Å². The first kappa shape index (κ1) is 11.4. The number of nitrogens with zero attached hydrogens (tertiary/aromatic N) is 2. The summed E-state index contributed by atoms with van der Waals surface area (Å²) in [7, 11) is 0. The van der Waals surface area contributed by atoms with Gasteiger partial charge in [0.2, 0.25) is 0 Å². The highest BCUT2D eigenvalue weighted by molar-refractivity contribution is 9.10. The summed E-state index contributed by atoms with van der Waals surface area (Å²) in [5, 5.41) is 4.48. The van der Waals surface area contributed by atoms with Crippen LogP contribution in [-0.4, -0.2) is 16.3 Å². The molecule has 1 heterocycles. The smallest absolute Gasteiger partial charge is 0.0657 e. The average Bonchev–Trinajstić information content (AvgIpc) is 2.61. The molecule has 0 atom stereocenters. The third kappa shape index (κ3) is 2.33. The van der Waals surface area contributed by atoms with Crippen LogP contribution in [0.4, 0.5) is 0 Å². The molecule has 2 rings (SSSR count).